The van der Waals surface area contributed by atoms with Crippen LogP contribution in [0.4, 0.5) is 0 Å². The largest absolute Gasteiger partial charge is 0.348 e. The van der Waals surface area contributed by atoms with E-state index in [2.05, 4.69) is 5.32 Å². The quantitative estimate of drug-likeness (QED) is 0.826. The Balaban J connectivity index is 2.76. The van der Waals surface area contributed by atoms with Crippen molar-refractivity contribution in [2.75, 3.05) is 5.88 Å². The Bertz CT molecular complexity index is 375. The summed E-state index contributed by atoms with van der Waals surface area (Å²) in [6.45, 7) is 3.88. The molecule has 0 aromatic heterocycles. The zero-order valence-corrected chi connectivity index (χ0v) is 10.9. The van der Waals surface area contributed by atoms with E-state index in [1.807, 2.05) is 19.9 Å². The molecule has 2 nitrogen and oxygen atoms in total. The number of carbonyl (C=O) groups is 1. The summed E-state index contributed by atoms with van der Waals surface area (Å²) >= 11 is 11.7. The van der Waals surface area contributed by atoms with Crippen LogP contribution < -0.4 is 5.32 Å². The number of rotatable bonds is 4. The van der Waals surface area contributed by atoms with E-state index in [4.69, 9.17) is 23.2 Å². The number of halogens is 2. The molecule has 0 fully saturated rings. The predicted octanol–water partition coefficient (Wildman–Crippen LogP) is 3.40. The van der Waals surface area contributed by atoms with Crippen molar-refractivity contribution in [3.63, 3.8) is 0 Å². The fourth-order valence-corrected chi connectivity index (χ4v) is 1.73. The van der Waals surface area contributed by atoms with Crippen LogP contribution in [-0.2, 0) is 0 Å². The lowest BCUT2D eigenvalue weighted by Gasteiger charge is -2.14. The van der Waals surface area contributed by atoms with Gasteiger partial charge in [0.25, 0.3) is 5.91 Å². The van der Waals surface area contributed by atoms with Gasteiger partial charge in [-0.1, -0.05) is 24.6 Å². The van der Waals surface area contributed by atoms with E-state index in [0.29, 0.717) is 16.5 Å². The maximum Gasteiger partial charge on any atom is 0.251 e. The standard InChI is InChI=1S/C12H15Cl2NO/c1-3-10(7-13)15-12(16)9-5-4-8(2)11(14)6-9/h4-6,10H,3,7H2,1-2H3,(H,15,16). The monoisotopic (exact) mass is 259 g/mol. The average molecular weight is 260 g/mol. The summed E-state index contributed by atoms with van der Waals surface area (Å²) in [5.74, 6) is 0.288. The Morgan fingerprint density at radius 3 is 2.69 bits per heavy atom. The highest BCUT2D eigenvalue weighted by molar-refractivity contribution is 6.31. The van der Waals surface area contributed by atoms with Crippen LogP contribution in [-0.4, -0.2) is 17.8 Å². The SMILES string of the molecule is CCC(CCl)NC(=O)c1ccc(C)c(Cl)c1. The van der Waals surface area contributed by atoms with Crippen molar-refractivity contribution in [1.82, 2.24) is 5.32 Å². The van der Waals surface area contributed by atoms with E-state index < -0.39 is 0 Å². The van der Waals surface area contributed by atoms with E-state index in [9.17, 15) is 4.79 Å². The molecule has 1 N–H and O–H groups in total. The van der Waals surface area contributed by atoms with Gasteiger partial charge in [0, 0.05) is 22.5 Å². The predicted molar refractivity (Wildman–Crippen MR) is 68.5 cm³/mol. The molecule has 16 heavy (non-hydrogen) atoms. The second-order valence-electron chi connectivity index (χ2n) is 3.70. The van der Waals surface area contributed by atoms with Gasteiger partial charge in [-0.2, -0.15) is 0 Å². The van der Waals surface area contributed by atoms with Crippen LogP contribution in [0.1, 0.15) is 29.3 Å². The number of alkyl halides is 1. The fraction of sp³-hybridized carbons (Fsp3) is 0.417. The van der Waals surface area contributed by atoms with Crippen molar-refractivity contribution >= 4 is 29.1 Å². The van der Waals surface area contributed by atoms with E-state index in [1.165, 1.54) is 0 Å². The molecule has 0 radical (unpaired) electrons. The van der Waals surface area contributed by atoms with Gasteiger partial charge >= 0.3 is 0 Å². The van der Waals surface area contributed by atoms with Crippen LogP contribution in [0.2, 0.25) is 5.02 Å². The van der Waals surface area contributed by atoms with Gasteiger partial charge < -0.3 is 5.32 Å². The molecular formula is C12H15Cl2NO. The molecule has 0 heterocycles. The maximum absolute atomic E-state index is 11.8. The van der Waals surface area contributed by atoms with Gasteiger partial charge in [-0.25, -0.2) is 0 Å². The minimum atomic E-state index is -0.130. The van der Waals surface area contributed by atoms with Crippen molar-refractivity contribution in [1.29, 1.82) is 0 Å². The van der Waals surface area contributed by atoms with E-state index >= 15 is 0 Å². The third-order valence-corrected chi connectivity index (χ3v) is 3.23. The lowest BCUT2D eigenvalue weighted by Crippen LogP contribution is -2.35. The van der Waals surface area contributed by atoms with Crippen LogP contribution in [0.5, 0.6) is 0 Å². The number of aryl methyl sites for hydroxylation is 1. The van der Waals surface area contributed by atoms with Gasteiger partial charge in [0.15, 0.2) is 0 Å². The van der Waals surface area contributed by atoms with E-state index in [0.717, 1.165) is 12.0 Å². The van der Waals surface area contributed by atoms with Gasteiger partial charge in [-0.15, -0.1) is 11.6 Å². The highest BCUT2D eigenvalue weighted by Crippen LogP contribution is 2.16. The molecule has 1 aromatic carbocycles. The van der Waals surface area contributed by atoms with Gasteiger partial charge in [-0.3, -0.25) is 4.79 Å². The first-order valence-corrected chi connectivity index (χ1v) is 6.12. The van der Waals surface area contributed by atoms with Crippen molar-refractivity contribution in [3.05, 3.63) is 34.3 Å². The van der Waals surface area contributed by atoms with Crippen molar-refractivity contribution in [2.24, 2.45) is 0 Å². The van der Waals surface area contributed by atoms with Gasteiger partial charge in [0.1, 0.15) is 0 Å². The molecule has 4 heteroatoms. The summed E-state index contributed by atoms with van der Waals surface area (Å²) in [5, 5.41) is 3.45. The summed E-state index contributed by atoms with van der Waals surface area (Å²) in [6.07, 6.45) is 0.814. The fourth-order valence-electron chi connectivity index (χ4n) is 1.25. The lowest BCUT2D eigenvalue weighted by atomic mass is 10.1. The molecule has 1 aromatic rings. The van der Waals surface area contributed by atoms with Crippen LogP contribution in [0, 0.1) is 6.92 Å². The maximum atomic E-state index is 11.8. The van der Waals surface area contributed by atoms with Crippen LogP contribution in [0.15, 0.2) is 18.2 Å². The van der Waals surface area contributed by atoms with Crippen molar-refractivity contribution in [3.8, 4) is 0 Å². The topological polar surface area (TPSA) is 29.1 Å². The molecule has 1 rings (SSSR count). The van der Waals surface area contributed by atoms with E-state index in [1.54, 1.807) is 12.1 Å². The molecule has 0 aliphatic rings. The first-order valence-electron chi connectivity index (χ1n) is 5.21. The number of nitrogens with one attached hydrogen (secondary N) is 1. The van der Waals surface area contributed by atoms with Gasteiger partial charge in [-0.05, 0) is 31.0 Å². The third kappa shape index (κ3) is 3.39. The van der Waals surface area contributed by atoms with Gasteiger partial charge in [0.05, 0.1) is 0 Å². The molecule has 1 unspecified atom stereocenters. The molecule has 1 atom stereocenters. The number of hydrogen-bond acceptors (Lipinski definition) is 1. The Labute approximate surface area is 106 Å². The lowest BCUT2D eigenvalue weighted by molar-refractivity contribution is 0.0940. The third-order valence-electron chi connectivity index (χ3n) is 2.45. The zero-order chi connectivity index (χ0) is 12.1. The molecule has 0 saturated heterocycles. The second-order valence-corrected chi connectivity index (χ2v) is 4.41. The average Bonchev–Trinajstić information content (AvgIpc) is 2.29. The van der Waals surface area contributed by atoms with E-state index in [-0.39, 0.29) is 11.9 Å². The highest BCUT2D eigenvalue weighted by Gasteiger charge is 2.11. The molecule has 0 saturated carbocycles. The molecule has 0 aliphatic heterocycles. The minimum Gasteiger partial charge on any atom is -0.348 e. The van der Waals surface area contributed by atoms with Crippen LogP contribution in [0.25, 0.3) is 0 Å². The smallest absolute Gasteiger partial charge is 0.251 e. The Kier molecular flexibility index (Phi) is 5.10. The molecule has 0 spiro atoms. The molecular weight excluding hydrogens is 245 g/mol. The first kappa shape index (κ1) is 13.3. The second kappa shape index (κ2) is 6.12. The Morgan fingerprint density at radius 2 is 2.19 bits per heavy atom. The molecule has 88 valence electrons. The molecule has 1 amide bonds. The number of carbonyl (C=O) groups excluding carboxylic acids is 1. The van der Waals surface area contributed by atoms with Crippen molar-refractivity contribution in [2.45, 2.75) is 26.3 Å². The minimum absolute atomic E-state index is 0.00856. The highest BCUT2D eigenvalue weighted by atomic mass is 35.5. The number of hydrogen-bond donors (Lipinski definition) is 1. The summed E-state index contributed by atoms with van der Waals surface area (Å²) in [7, 11) is 0. The summed E-state index contributed by atoms with van der Waals surface area (Å²) < 4.78 is 0. The normalized spacial score (nSPS) is 12.2. The van der Waals surface area contributed by atoms with Crippen molar-refractivity contribution < 1.29 is 4.79 Å². The van der Waals surface area contributed by atoms with Crippen LogP contribution >= 0.6 is 23.2 Å². The number of amides is 1. The summed E-state index contributed by atoms with van der Waals surface area (Å²) in [6, 6.07) is 5.28. The molecule has 0 bridgehead atoms. The Morgan fingerprint density at radius 1 is 1.50 bits per heavy atom. The van der Waals surface area contributed by atoms with Crippen LogP contribution in [0.3, 0.4) is 0 Å². The number of benzene rings is 1. The zero-order valence-electron chi connectivity index (χ0n) is 9.39. The summed E-state index contributed by atoms with van der Waals surface area (Å²) in [5.41, 5.74) is 1.53. The molecule has 0 aliphatic carbocycles. The first-order chi connectivity index (χ1) is 7.58. The summed E-state index contributed by atoms with van der Waals surface area (Å²) in [4.78, 5) is 11.8. The Hall–Kier alpha value is -0.730. The van der Waals surface area contributed by atoms with Gasteiger partial charge in [0.2, 0.25) is 0 Å².